The highest BCUT2D eigenvalue weighted by molar-refractivity contribution is 14.1. The number of benzene rings is 2. The molecule has 0 N–H and O–H groups in total. The van der Waals surface area contributed by atoms with Gasteiger partial charge in [-0.2, -0.15) is 0 Å². The minimum absolute atomic E-state index is 0.0269. The lowest BCUT2D eigenvalue weighted by molar-refractivity contribution is -0.275. The van der Waals surface area contributed by atoms with Gasteiger partial charge in [-0.3, -0.25) is 0 Å². The third-order valence-electron chi connectivity index (χ3n) is 2.44. The maximum atomic E-state index is 12.4. The zero-order valence-corrected chi connectivity index (χ0v) is 12.9. The first-order valence-electron chi connectivity index (χ1n) is 5.76. The number of alkyl halides is 3. The van der Waals surface area contributed by atoms with Crippen LogP contribution in [0.15, 0.2) is 42.5 Å². The quantitative estimate of drug-likeness (QED) is 0.665. The van der Waals surface area contributed by atoms with Crippen molar-refractivity contribution < 1.29 is 27.4 Å². The zero-order valence-electron chi connectivity index (χ0n) is 10.8. The van der Waals surface area contributed by atoms with Crippen LogP contribution in [0.5, 0.6) is 23.0 Å². The average molecular weight is 410 g/mol. The number of hydrogen-bond acceptors (Lipinski definition) is 3. The van der Waals surface area contributed by atoms with E-state index in [-0.39, 0.29) is 5.75 Å². The molecule has 7 heteroatoms. The lowest BCUT2D eigenvalue weighted by atomic mass is 10.3. The van der Waals surface area contributed by atoms with Crippen LogP contribution in [-0.2, 0) is 0 Å². The van der Waals surface area contributed by atoms with Crippen molar-refractivity contribution in [2.75, 3.05) is 7.11 Å². The molecule has 0 aliphatic rings. The number of methoxy groups -OCH3 is 1. The summed E-state index contributed by atoms with van der Waals surface area (Å²) in [6.45, 7) is 0. The summed E-state index contributed by atoms with van der Waals surface area (Å²) in [5.41, 5.74) is 0. The molecule has 3 nitrogen and oxygen atoms in total. The first kappa shape index (κ1) is 15.7. The van der Waals surface area contributed by atoms with E-state index >= 15 is 0 Å². The first-order valence-corrected chi connectivity index (χ1v) is 6.83. The molecule has 2 aromatic carbocycles. The van der Waals surface area contributed by atoms with Crippen LogP contribution in [0.25, 0.3) is 0 Å². The summed E-state index contributed by atoms with van der Waals surface area (Å²) in [5.74, 6) is 0.528. The van der Waals surface area contributed by atoms with Crippen LogP contribution >= 0.6 is 22.6 Å². The van der Waals surface area contributed by atoms with Crippen molar-refractivity contribution in [1.29, 1.82) is 0 Å². The van der Waals surface area contributed by atoms with Crippen molar-refractivity contribution in [1.82, 2.24) is 0 Å². The molecule has 0 saturated heterocycles. The smallest absolute Gasteiger partial charge is 0.496 e. The Morgan fingerprint density at radius 1 is 0.857 bits per heavy atom. The van der Waals surface area contributed by atoms with E-state index in [2.05, 4.69) is 4.74 Å². The predicted molar refractivity (Wildman–Crippen MR) is 78.9 cm³/mol. The lowest BCUT2D eigenvalue weighted by Crippen LogP contribution is -2.17. The van der Waals surface area contributed by atoms with Gasteiger partial charge in [0, 0.05) is 0 Å². The summed E-state index contributed by atoms with van der Waals surface area (Å²) in [7, 11) is 1.50. The van der Waals surface area contributed by atoms with Gasteiger partial charge in [0.05, 0.1) is 10.7 Å². The molecule has 0 aliphatic carbocycles. The SMILES string of the molecule is COc1cccc(Oc2ccccc2OC(F)(F)F)c1I. The fraction of sp³-hybridized carbons (Fsp3) is 0.143. The Hall–Kier alpha value is -1.64. The van der Waals surface area contributed by atoms with Gasteiger partial charge in [0.25, 0.3) is 0 Å². The van der Waals surface area contributed by atoms with Gasteiger partial charge in [-0.05, 0) is 46.9 Å². The molecule has 0 aromatic heterocycles. The van der Waals surface area contributed by atoms with Crippen LogP contribution in [-0.4, -0.2) is 13.5 Å². The highest BCUT2D eigenvalue weighted by Gasteiger charge is 2.32. The summed E-state index contributed by atoms with van der Waals surface area (Å²) in [5, 5.41) is 0. The van der Waals surface area contributed by atoms with Gasteiger partial charge < -0.3 is 14.2 Å². The van der Waals surface area contributed by atoms with E-state index in [1.54, 1.807) is 24.3 Å². The van der Waals surface area contributed by atoms with Crippen LogP contribution in [0.1, 0.15) is 0 Å². The Bertz CT molecular complexity index is 629. The van der Waals surface area contributed by atoms with Gasteiger partial charge in [-0.25, -0.2) is 0 Å². The molecule has 0 atom stereocenters. The van der Waals surface area contributed by atoms with E-state index in [1.807, 2.05) is 22.6 Å². The van der Waals surface area contributed by atoms with E-state index in [0.717, 1.165) is 0 Å². The normalized spacial score (nSPS) is 11.1. The molecule has 0 spiro atoms. The van der Waals surface area contributed by atoms with Crippen LogP contribution in [0, 0.1) is 3.57 Å². The van der Waals surface area contributed by atoms with Gasteiger partial charge in [-0.15, -0.1) is 13.2 Å². The van der Waals surface area contributed by atoms with E-state index < -0.39 is 12.1 Å². The second kappa shape index (κ2) is 6.42. The van der Waals surface area contributed by atoms with Crippen molar-refractivity contribution in [3.8, 4) is 23.0 Å². The van der Waals surface area contributed by atoms with Crippen LogP contribution in [0.4, 0.5) is 13.2 Å². The molecule has 2 aromatic rings. The minimum Gasteiger partial charge on any atom is -0.496 e. The van der Waals surface area contributed by atoms with Crippen LogP contribution < -0.4 is 14.2 Å². The fourth-order valence-electron chi connectivity index (χ4n) is 1.59. The highest BCUT2D eigenvalue weighted by Crippen LogP contribution is 2.38. The Morgan fingerprint density at radius 2 is 1.43 bits per heavy atom. The van der Waals surface area contributed by atoms with Crippen molar-refractivity contribution in [2.45, 2.75) is 6.36 Å². The van der Waals surface area contributed by atoms with E-state index in [1.165, 1.54) is 25.3 Å². The lowest BCUT2D eigenvalue weighted by Gasteiger charge is -2.15. The molecule has 0 heterocycles. The van der Waals surface area contributed by atoms with Gasteiger partial charge >= 0.3 is 6.36 Å². The maximum absolute atomic E-state index is 12.4. The van der Waals surface area contributed by atoms with Crippen molar-refractivity contribution in [2.24, 2.45) is 0 Å². The molecule has 21 heavy (non-hydrogen) atoms. The molecule has 0 aliphatic heterocycles. The molecule has 112 valence electrons. The zero-order chi connectivity index (χ0) is 15.5. The third-order valence-corrected chi connectivity index (χ3v) is 3.51. The maximum Gasteiger partial charge on any atom is 0.573 e. The Kier molecular flexibility index (Phi) is 4.81. The number of ether oxygens (including phenoxy) is 3. The summed E-state index contributed by atoms with van der Waals surface area (Å²) in [6, 6.07) is 10.6. The van der Waals surface area contributed by atoms with Gasteiger partial charge in [0.2, 0.25) is 0 Å². The predicted octanol–water partition coefficient (Wildman–Crippen LogP) is 4.99. The minimum atomic E-state index is -4.78. The molecule has 0 unspecified atom stereocenters. The fourth-order valence-corrected chi connectivity index (χ4v) is 2.28. The molecular formula is C14H10F3IO3. The van der Waals surface area contributed by atoms with Crippen LogP contribution in [0.2, 0.25) is 0 Å². The second-order valence-corrected chi connectivity index (χ2v) is 4.95. The Balaban J connectivity index is 2.32. The van der Waals surface area contributed by atoms with Gasteiger partial charge in [-0.1, -0.05) is 18.2 Å². The molecule has 0 bridgehead atoms. The molecule has 0 saturated carbocycles. The molecule has 2 rings (SSSR count). The number of hydrogen-bond donors (Lipinski definition) is 0. The Morgan fingerprint density at radius 3 is 2.05 bits per heavy atom. The number of rotatable bonds is 4. The molecule has 0 radical (unpaired) electrons. The summed E-state index contributed by atoms with van der Waals surface area (Å²) >= 11 is 1.99. The standard InChI is InChI=1S/C14H10F3IO3/c1-19-11-7-4-8-12(13(11)18)20-9-5-2-3-6-10(9)21-14(15,16)17/h2-8H,1H3. The highest BCUT2D eigenvalue weighted by atomic mass is 127. The topological polar surface area (TPSA) is 27.7 Å². The first-order chi connectivity index (χ1) is 9.90. The summed E-state index contributed by atoms with van der Waals surface area (Å²) in [6.07, 6.45) is -4.78. The third kappa shape index (κ3) is 4.16. The van der Waals surface area contributed by atoms with Crippen molar-refractivity contribution in [3.05, 3.63) is 46.0 Å². The number of halogens is 4. The largest absolute Gasteiger partial charge is 0.573 e. The summed E-state index contributed by atoms with van der Waals surface area (Å²) in [4.78, 5) is 0. The molecular weight excluding hydrogens is 400 g/mol. The molecule has 0 amide bonds. The van der Waals surface area contributed by atoms with E-state index in [9.17, 15) is 13.2 Å². The Labute approximate surface area is 132 Å². The van der Waals surface area contributed by atoms with Crippen molar-refractivity contribution in [3.63, 3.8) is 0 Å². The van der Waals surface area contributed by atoms with E-state index in [4.69, 9.17) is 9.47 Å². The van der Waals surface area contributed by atoms with Gasteiger partial charge in [0.1, 0.15) is 11.5 Å². The molecule has 0 fully saturated rings. The van der Waals surface area contributed by atoms with Crippen molar-refractivity contribution >= 4 is 22.6 Å². The monoisotopic (exact) mass is 410 g/mol. The average Bonchev–Trinajstić information content (AvgIpc) is 2.41. The second-order valence-electron chi connectivity index (χ2n) is 3.87. The number of para-hydroxylation sites is 2. The summed E-state index contributed by atoms with van der Waals surface area (Å²) < 4.78 is 52.3. The van der Waals surface area contributed by atoms with Gasteiger partial charge in [0.15, 0.2) is 11.5 Å². The van der Waals surface area contributed by atoms with Crippen LogP contribution in [0.3, 0.4) is 0 Å². The van der Waals surface area contributed by atoms with E-state index in [0.29, 0.717) is 15.1 Å².